The third-order valence-electron chi connectivity index (χ3n) is 6.77. The van der Waals surface area contributed by atoms with Crippen molar-refractivity contribution >= 4 is 23.2 Å². The topological polar surface area (TPSA) is 67.2 Å². The Hall–Kier alpha value is -3.71. The van der Waals surface area contributed by atoms with E-state index >= 15 is 0 Å². The van der Waals surface area contributed by atoms with Crippen LogP contribution in [0.3, 0.4) is 0 Å². The molecule has 7 heteroatoms. The number of carbonyl (C=O) groups excluding carboxylic acids is 2. The number of benzene rings is 2. The average molecular weight is 499 g/mol. The number of nitrogens with zero attached hydrogens (tertiary/aromatic N) is 3. The first-order valence-corrected chi connectivity index (χ1v) is 13.3. The van der Waals surface area contributed by atoms with Gasteiger partial charge in [-0.2, -0.15) is 5.10 Å². The SMILES string of the molecule is Cc1ccccc1-c1nn(-c2ccccc2)cc1C(=O)N1CCC(C(=O)NCCc2cccs2)CC1. The smallest absolute Gasteiger partial charge is 0.257 e. The number of carbonyl (C=O) groups is 2. The highest BCUT2D eigenvalue weighted by Crippen LogP contribution is 2.29. The second-order valence-electron chi connectivity index (χ2n) is 9.17. The van der Waals surface area contributed by atoms with Crippen LogP contribution in [-0.2, 0) is 11.2 Å². The molecule has 6 nitrogen and oxygen atoms in total. The van der Waals surface area contributed by atoms with Crippen molar-refractivity contribution in [3.05, 3.63) is 94.3 Å². The van der Waals surface area contributed by atoms with Gasteiger partial charge < -0.3 is 10.2 Å². The maximum absolute atomic E-state index is 13.7. The van der Waals surface area contributed by atoms with Gasteiger partial charge in [-0.05, 0) is 55.3 Å². The molecule has 0 aliphatic carbocycles. The maximum Gasteiger partial charge on any atom is 0.257 e. The van der Waals surface area contributed by atoms with Crippen molar-refractivity contribution in [1.82, 2.24) is 20.0 Å². The number of piperidine rings is 1. The Labute approximate surface area is 215 Å². The quantitative estimate of drug-likeness (QED) is 0.385. The molecule has 3 heterocycles. The number of hydrogen-bond acceptors (Lipinski definition) is 4. The molecule has 0 bridgehead atoms. The minimum atomic E-state index is -0.0553. The fourth-order valence-corrected chi connectivity index (χ4v) is 5.41. The van der Waals surface area contributed by atoms with Gasteiger partial charge in [0.2, 0.25) is 5.91 Å². The van der Waals surface area contributed by atoms with Gasteiger partial charge in [-0.25, -0.2) is 4.68 Å². The Kier molecular flexibility index (Phi) is 7.28. The summed E-state index contributed by atoms with van der Waals surface area (Å²) in [6.07, 6.45) is 4.03. The molecule has 36 heavy (non-hydrogen) atoms. The van der Waals surface area contributed by atoms with Gasteiger partial charge in [0, 0.05) is 42.2 Å². The summed E-state index contributed by atoms with van der Waals surface area (Å²) in [4.78, 5) is 29.5. The lowest BCUT2D eigenvalue weighted by atomic mass is 9.95. The number of likely N-dealkylation sites (tertiary alicyclic amines) is 1. The second kappa shape index (κ2) is 10.9. The summed E-state index contributed by atoms with van der Waals surface area (Å²) >= 11 is 1.71. The molecule has 4 aromatic rings. The van der Waals surface area contributed by atoms with Crippen LogP contribution in [0.4, 0.5) is 0 Å². The molecular formula is C29H30N4O2S. The van der Waals surface area contributed by atoms with E-state index in [1.807, 2.05) is 78.7 Å². The van der Waals surface area contributed by atoms with Gasteiger partial charge in [0.25, 0.3) is 5.91 Å². The fraction of sp³-hybridized carbons (Fsp3) is 0.276. The van der Waals surface area contributed by atoms with Crippen LogP contribution in [0.2, 0.25) is 0 Å². The molecule has 0 radical (unpaired) electrons. The predicted octanol–water partition coefficient (Wildman–Crippen LogP) is 5.12. The lowest BCUT2D eigenvalue weighted by Gasteiger charge is -2.31. The molecule has 0 saturated carbocycles. The van der Waals surface area contributed by atoms with Gasteiger partial charge in [-0.3, -0.25) is 9.59 Å². The summed E-state index contributed by atoms with van der Waals surface area (Å²) in [6.45, 7) is 3.81. The highest BCUT2D eigenvalue weighted by molar-refractivity contribution is 7.09. The van der Waals surface area contributed by atoms with Crippen LogP contribution in [0, 0.1) is 12.8 Å². The van der Waals surface area contributed by atoms with E-state index in [1.54, 1.807) is 16.0 Å². The van der Waals surface area contributed by atoms with Crippen LogP contribution < -0.4 is 5.32 Å². The third-order valence-corrected chi connectivity index (χ3v) is 7.71. The zero-order valence-electron chi connectivity index (χ0n) is 20.4. The number of amides is 2. The Morgan fingerprint density at radius 1 is 1.00 bits per heavy atom. The second-order valence-corrected chi connectivity index (χ2v) is 10.2. The zero-order valence-corrected chi connectivity index (χ0v) is 21.2. The molecule has 1 aliphatic rings. The minimum absolute atomic E-state index is 0.0352. The van der Waals surface area contributed by atoms with Crippen molar-refractivity contribution in [3.8, 4) is 16.9 Å². The predicted molar refractivity (Wildman–Crippen MR) is 143 cm³/mol. The average Bonchev–Trinajstić information content (AvgIpc) is 3.60. The molecule has 0 spiro atoms. The molecule has 0 unspecified atom stereocenters. The summed E-state index contributed by atoms with van der Waals surface area (Å²) in [5, 5.41) is 9.96. The molecule has 2 aromatic carbocycles. The molecule has 1 fully saturated rings. The van der Waals surface area contributed by atoms with Crippen LogP contribution >= 0.6 is 11.3 Å². The minimum Gasteiger partial charge on any atom is -0.355 e. The van der Waals surface area contributed by atoms with Crippen LogP contribution in [0.25, 0.3) is 16.9 Å². The summed E-state index contributed by atoms with van der Waals surface area (Å²) in [7, 11) is 0. The Bertz CT molecular complexity index is 1320. The van der Waals surface area contributed by atoms with E-state index in [0.29, 0.717) is 43.7 Å². The summed E-state index contributed by atoms with van der Waals surface area (Å²) in [6, 6.07) is 22.0. The number of rotatable bonds is 7. The molecule has 2 aromatic heterocycles. The molecular weight excluding hydrogens is 468 g/mol. The molecule has 5 rings (SSSR count). The number of aromatic nitrogens is 2. The van der Waals surface area contributed by atoms with Crippen molar-refractivity contribution in [2.45, 2.75) is 26.2 Å². The van der Waals surface area contributed by atoms with E-state index < -0.39 is 0 Å². The van der Waals surface area contributed by atoms with Crippen LogP contribution in [0.15, 0.2) is 78.3 Å². The van der Waals surface area contributed by atoms with Gasteiger partial charge in [0.05, 0.1) is 11.3 Å². The molecule has 1 aliphatic heterocycles. The number of nitrogens with one attached hydrogen (secondary N) is 1. The van der Waals surface area contributed by atoms with Gasteiger partial charge >= 0.3 is 0 Å². The van der Waals surface area contributed by atoms with Crippen molar-refractivity contribution in [1.29, 1.82) is 0 Å². The van der Waals surface area contributed by atoms with E-state index in [4.69, 9.17) is 5.10 Å². The number of aryl methyl sites for hydroxylation is 1. The van der Waals surface area contributed by atoms with E-state index in [1.165, 1.54) is 4.88 Å². The first-order chi connectivity index (χ1) is 17.6. The van der Waals surface area contributed by atoms with Gasteiger partial charge in [-0.15, -0.1) is 11.3 Å². The number of thiophene rings is 1. The van der Waals surface area contributed by atoms with Crippen molar-refractivity contribution in [3.63, 3.8) is 0 Å². The van der Waals surface area contributed by atoms with E-state index in [2.05, 4.69) is 16.8 Å². The Morgan fingerprint density at radius 3 is 2.47 bits per heavy atom. The summed E-state index contributed by atoms with van der Waals surface area (Å²) in [5.41, 5.74) is 4.21. The first kappa shape index (κ1) is 24.0. The highest BCUT2D eigenvalue weighted by atomic mass is 32.1. The molecule has 1 saturated heterocycles. The van der Waals surface area contributed by atoms with Crippen molar-refractivity contribution in [2.75, 3.05) is 19.6 Å². The van der Waals surface area contributed by atoms with Gasteiger partial charge in [0.1, 0.15) is 5.69 Å². The molecule has 1 N–H and O–H groups in total. The standard InChI is InChI=1S/C29H30N4O2S/c1-21-8-5-6-12-25(21)27-26(20-33(31-27)23-9-3-2-4-10-23)29(35)32-17-14-22(15-18-32)28(34)30-16-13-24-11-7-19-36-24/h2-12,19-20,22H,13-18H2,1H3,(H,30,34). The van der Waals surface area contributed by atoms with Crippen LogP contribution in [0.1, 0.15) is 33.6 Å². The van der Waals surface area contributed by atoms with Crippen LogP contribution in [0.5, 0.6) is 0 Å². The lowest BCUT2D eigenvalue weighted by Crippen LogP contribution is -2.43. The summed E-state index contributed by atoms with van der Waals surface area (Å²) in [5.74, 6) is 0.00315. The van der Waals surface area contributed by atoms with Gasteiger partial charge in [0.15, 0.2) is 0 Å². The monoisotopic (exact) mass is 498 g/mol. The lowest BCUT2D eigenvalue weighted by molar-refractivity contribution is -0.126. The highest BCUT2D eigenvalue weighted by Gasteiger charge is 2.30. The normalized spacial score (nSPS) is 14.1. The van der Waals surface area contributed by atoms with E-state index in [-0.39, 0.29) is 17.7 Å². The first-order valence-electron chi connectivity index (χ1n) is 12.4. The largest absolute Gasteiger partial charge is 0.355 e. The van der Waals surface area contributed by atoms with Crippen LogP contribution in [-0.4, -0.2) is 46.1 Å². The molecule has 184 valence electrons. The Morgan fingerprint density at radius 2 is 1.75 bits per heavy atom. The number of hydrogen-bond donors (Lipinski definition) is 1. The molecule has 0 atom stereocenters. The van der Waals surface area contributed by atoms with Crippen molar-refractivity contribution in [2.24, 2.45) is 5.92 Å². The van der Waals surface area contributed by atoms with Crippen molar-refractivity contribution < 1.29 is 9.59 Å². The van der Waals surface area contributed by atoms with E-state index in [9.17, 15) is 9.59 Å². The zero-order chi connectivity index (χ0) is 24.9. The summed E-state index contributed by atoms with van der Waals surface area (Å²) < 4.78 is 1.78. The van der Waals surface area contributed by atoms with E-state index in [0.717, 1.165) is 23.2 Å². The fourth-order valence-electron chi connectivity index (χ4n) is 4.70. The number of para-hydroxylation sites is 1. The van der Waals surface area contributed by atoms with Gasteiger partial charge in [-0.1, -0.05) is 48.5 Å². The maximum atomic E-state index is 13.7. The molecule has 2 amide bonds. The third kappa shape index (κ3) is 5.26. The Balaban J connectivity index is 1.29.